The molecule has 1 heterocycles. The summed E-state index contributed by atoms with van der Waals surface area (Å²) < 4.78 is 1.54. The van der Waals surface area contributed by atoms with Gasteiger partial charge >= 0.3 is 5.97 Å². The molecule has 3 nitrogen and oxygen atoms in total. The topological polar surface area (TPSA) is 50.2 Å². The third-order valence-corrected chi connectivity index (χ3v) is 3.49. The normalized spacial score (nSPS) is 9.91. The van der Waals surface area contributed by atoms with Gasteiger partial charge in [0.05, 0.1) is 5.75 Å². The Kier molecular flexibility index (Phi) is 3.35. The average Bonchev–Trinajstić information content (AvgIpc) is 2.31. The van der Waals surface area contributed by atoms with Crippen LogP contribution < -0.4 is 0 Å². The lowest BCUT2D eigenvalue weighted by molar-refractivity contribution is -0.133. The van der Waals surface area contributed by atoms with Crippen molar-refractivity contribution in [2.24, 2.45) is 0 Å². The second-order valence-electron chi connectivity index (χ2n) is 1.62. The molecule has 0 saturated carbocycles. The molecule has 1 rings (SSSR count). The lowest BCUT2D eigenvalue weighted by atomic mass is 10.8. The van der Waals surface area contributed by atoms with Crippen molar-refractivity contribution in [1.29, 1.82) is 0 Å². The number of carbonyl (C=O) groups is 1. The summed E-state index contributed by atoms with van der Waals surface area (Å²) in [4.78, 5) is 14.1. The summed E-state index contributed by atoms with van der Waals surface area (Å²) >= 11 is 5.84. The van der Waals surface area contributed by atoms with Crippen LogP contribution in [0.25, 0.3) is 0 Å². The molecule has 0 aliphatic carbocycles. The van der Waals surface area contributed by atoms with Crippen LogP contribution in [0.3, 0.4) is 0 Å². The van der Waals surface area contributed by atoms with E-state index in [4.69, 9.17) is 5.11 Å². The van der Waals surface area contributed by atoms with Crippen molar-refractivity contribution in [2.75, 3.05) is 5.75 Å². The van der Waals surface area contributed by atoms with Crippen LogP contribution >= 0.6 is 39.0 Å². The lowest BCUT2D eigenvalue weighted by Gasteiger charge is -1.88. The largest absolute Gasteiger partial charge is 0.481 e. The Morgan fingerprint density at radius 1 is 1.91 bits per heavy atom. The zero-order valence-electron chi connectivity index (χ0n) is 5.28. The van der Waals surface area contributed by atoms with Crippen LogP contribution in [-0.2, 0) is 4.79 Å². The number of rotatable bonds is 3. The van der Waals surface area contributed by atoms with Crippen molar-refractivity contribution in [1.82, 2.24) is 4.98 Å². The van der Waals surface area contributed by atoms with Crippen LogP contribution in [0.2, 0.25) is 0 Å². The average molecular weight is 254 g/mol. The van der Waals surface area contributed by atoms with E-state index in [0.29, 0.717) is 0 Å². The number of halogens is 1. The van der Waals surface area contributed by atoms with E-state index in [-0.39, 0.29) is 5.75 Å². The Morgan fingerprint density at radius 2 is 2.64 bits per heavy atom. The highest BCUT2D eigenvalue weighted by atomic mass is 79.9. The highest BCUT2D eigenvalue weighted by Gasteiger charge is 2.02. The maximum atomic E-state index is 10.1. The van der Waals surface area contributed by atoms with Crippen LogP contribution in [-0.4, -0.2) is 21.8 Å². The minimum absolute atomic E-state index is 0.0694. The molecular formula is C5H4BrNO2S2. The highest BCUT2D eigenvalue weighted by Crippen LogP contribution is 2.24. The van der Waals surface area contributed by atoms with Gasteiger partial charge in [0, 0.05) is 5.38 Å². The number of thiazole rings is 1. The fourth-order valence-corrected chi connectivity index (χ4v) is 2.53. The van der Waals surface area contributed by atoms with Crippen LogP contribution in [0.1, 0.15) is 0 Å². The first-order valence-electron chi connectivity index (χ1n) is 2.64. The van der Waals surface area contributed by atoms with Gasteiger partial charge in [-0.15, -0.1) is 11.3 Å². The highest BCUT2D eigenvalue weighted by molar-refractivity contribution is 9.10. The second-order valence-corrected chi connectivity index (χ2v) is 4.51. The molecule has 0 radical (unpaired) electrons. The summed E-state index contributed by atoms with van der Waals surface area (Å²) in [5.74, 6) is -0.749. The van der Waals surface area contributed by atoms with Gasteiger partial charge in [0.15, 0.2) is 4.34 Å². The fraction of sp³-hybridized carbons (Fsp3) is 0.200. The summed E-state index contributed by atoms with van der Waals surface area (Å²) in [5, 5.41) is 10.1. The molecule has 1 aromatic heterocycles. The maximum Gasteiger partial charge on any atom is 0.313 e. The first-order valence-corrected chi connectivity index (χ1v) is 5.30. The SMILES string of the molecule is O=C(O)CSc1nc(Br)cs1. The van der Waals surface area contributed by atoms with Crippen LogP contribution in [0.5, 0.6) is 0 Å². The molecule has 60 valence electrons. The van der Waals surface area contributed by atoms with Crippen molar-refractivity contribution < 1.29 is 9.90 Å². The van der Waals surface area contributed by atoms with E-state index in [2.05, 4.69) is 20.9 Å². The van der Waals surface area contributed by atoms with Crippen molar-refractivity contribution in [3.05, 3.63) is 9.98 Å². The first kappa shape index (κ1) is 9.02. The maximum absolute atomic E-state index is 10.1. The van der Waals surface area contributed by atoms with Crippen molar-refractivity contribution >= 4 is 45.0 Å². The number of carboxylic acids is 1. The molecule has 0 aromatic carbocycles. The molecule has 0 aliphatic heterocycles. The summed E-state index contributed by atoms with van der Waals surface area (Å²) in [6, 6.07) is 0. The van der Waals surface area contributed by atoms with Crippen LogP contribution in [0, 0.1) is 0 Å². The molecule has 0 atom stereocenters. The molecule has 0 amide bonds. The molecule has 0 fully saturated rings. The summed E-state index contributed by atoms with van der Waals surface area (Å²) in [5.41, 5.74) is 0. The monoisotopic (exact) mass is 253 g/mol. The predicted octanol–water partition coefficient (Wildman–Crippen LogP) is 2.08. The Balaban J connectivity index is 2.45. The van der Waals surface area contributed by atoms with Gasteiger partial charge in [0.2, 0.25) is 0 Å². The Bertz CT molecular complexity index is 263. The molecule has 0 spiro atoms. The molecule has 6 heteroatoms. The Labute approximate surface area is 80.0 Å². The Morgan fingerprint density at radius 3 is 3.09 bits per heavy atom. The number of hydrogen-bond acceptors (Lipinski definition) is 4. The fourth-order valence-electron chi connectivity index (χ4n) is 0.429. The number of carboxylic acid groups (broad SMARTS) is 1. The smallest absolute Gasteiger partial charge is 0.313 e. The van der Waals surface area contributed by atoms with Gasteiger partial charge in [-0.1, -0.05) is 11.8 Å². The zero-order valence-corrected chi connectivity index (χ0v) is 8.50. The molecule has 1 aromatic rings. The van der Waals surface area contributed by atoms with E-state index >= 15 is 0 Å². The number of hydrogen-bond donors (Lipinski definition) is 1. The van der Waals surface area contributed by atoms with Gasteiger partial charge in [-0.3, -0.25) is 4.79 Å². The molecule has 0 saturated heterocycles. The molecule has 1 N–H and O–H groups in total. The number of thioether (sulfide) groups is 1. The molecule has 0 unspecified atom stereocenters. The van der Waals surface area contributed by atoms with E-state index in [9.17, 15) is 4.79 Å². The van der Waals surface area contributed by atoms with Crippen molar-refractivity contribution in [3.8, 4) is 0 Å². The summed E-state index contributed by atoms with van der Waals surface area (Å²) in [6.07, 6.45) is 0. The predicted molar refractivity (Wildman–Crippen MR) is 48.2 cm³/mol. The zero-order chi connectivity index (χ0) is 8.27. The first-order chi connectivity index (χ1) is 5.18. The van der Waals surface area contributed by atoms with E-state index in [1.807, 2.05) is 5.38 Å². The van der Waals surface area contributed by atoms with E-state index in [1.165, 1.54) is 23.1 Å². The Hall–Kier alpha value is -0.0700. The van der Waals surface area contributed by atoms with Gasteiger partial charge in [-0.05, 0) is 15.9 Å². The van der Waals surface area contributed by atoms with Crippen molar-refractivity contribution in [2.45, 2.75) is 4.34 Å². The third kappa shape index (κ3) is 3.22. The molecule has 0 aliphatic rings. The van der Waals surface area contributed by atoms with E-state index in [0.717, 1.165) is 8.94 Å². The number of aliphatic carboxylic acids is 1. The minimum Gasteiger partial charge on any atom is -0.481 e. The van der Waals surface area contributed by atoms with Gasteiger partial charge in [0.25, 0.3) is 0 Å². The molecule has 11 heavy (non-hydrogen) atoms. The molecule has 0 bridgehead atoms. The van der Waals surface area contributed by atoms with E-state index in [1.54, 1.807) is 0 Å². The van der Waals surface area contributed by atoms with Gasteiger partial charge in [0.1, 0.15) is 4.60 Å². The minimum atomic E-state index is -0.818. The van der Waals surface area contributed by atoms with Gasteiger partial charge in [-0.25, -0.2) is 4.98 Å². The van der Waals surface area contributed by atoms with Gasteiger partial charge in [-0.2, -0.15) is 0 Å². The van der Waals surface area contributed by atoms with Crippen LogP contribution in [0.4, 0.5) is 0 Å². The molecular weight excluding hydrogens is 250 g/mol. The lowest BCUT2D eigenvalue weighted by Crippen LogP contribution is -1.96. The summed E-state index contributed by atoms with van der Waals surface area (Å²) in [6.45, 7) is 0. The second kappa shape index (κ2) is 4.08. The number of nitrogens with zero attached hydrogens (tertiary/aromatic N) is 1. The standard InChI is InChI=1S/C5H4BrNO2S2/c6-3-1-10-5(7-3)11-2-4(8)9/h1H,2H2,(H,8,9). The van der Waals surface area contributed by atoms with Crippen LogP contribution in [0.15, 0.2) is 14.3 Å². The quantitative estimate of drug-likeness (QED) is 0.839. The summed E-state index contributed by atoms with van der Waals surface area (Å²) in [7, 11) is 0. The third-order valence-electron chi connectivity index (χ3n) is 0.774. The van der Waals surface area contributed by atoms with Gasteiger partial charge < -0.3 is 5.11 Å². The van der Waals surface area contributed by atoms with E-state index < -0.39 is 5.97 Å². The number of aromatic nitrogens is 1. The van der Waals surface area contributed by atoms with Crippen molar-refractivity contribution in [3.63, 3.8) is 0 Å².